The number of carboxylic acid groups (broad SMARTS) is 1. The van der Waals surface area contributed by atoms with Crippen LogP contribution in [0, 0.1) is 5.92 Å². The average molecular weight is 174 g/mol. The molecule has 1 fully saturated rings. The molecule has 0 spiro atoms. The van der Waals surface area contributed by atoms with Crippen LogP contribution in [0.1, 0.15) is 20.3 Å². The van der Waals surface area contributed by atoms with Crippen molar-refractivity contribution in [2.75, 3.05) is 0 Å². The fourth-order valence-corrected chi connectivity index (χ4v) is 1.48. The number of ether oxygens (including phenoxy) is 1. The van der Waals surface area contributed by atoms with Crippen LogP contribution in [0.15, 0.2) is 0 Å². The van der Waals surface area contributed by atoms with Crippen LogP contribution >= 0.6 is 0 Å². The van der Waals surface area contributed by atoms with Gasteiger partial charge in [0.1, 0.15) is 0 Å². The molecule has 70 valence electrons. The van der Waals surface area contributed by atoms with Gasteiger partial charge < -0.3 is 14.9 Å². The molecular weight excluding hydrogens is 160 g/mol. The number of aliphatic hydroxyl groups excluding tert-OH is 1. The van der Waals surface area contributed by atoms with Crippen LogP contribution in [0.2, 0.25) is 0 Å². The number of hydrogen-bond donors (Lipinski definition) is 2. The van der Waals surface area contributed by atoms with Gasteiger partial charge in [-0.3, -0.25) is 4.79 Å². The molecule has 0 bridgehead atoms. The van der Waals surface area contributed by atoms with Crippen LogP contribution in [0.4, 0.5) is 0 Å². The summed E-state index contributed by atoms with van der Waals surface area (Å²) in [5.41, 5.74) is 0. The summed E-state index contributed by atoms with van der Waals surface area (Å²) in [6, 6.07) is 0. The summed E-state index contributed by atoms with van der Waals surface area (Å²) in [5, 5.41) is 17.9. The molecule has 0 aromatic carbocycles. The Balaban J connectivity index is 2.56. The summed E-state index contributed by atoms with van der Waals surface area (Å²) in [5.74, 6) is -1.31. The number of carboxylic acids is 1. The minimum absolute atomic E-state index is 0.290. The van der Waals surface area contributed by atoms with Gasteiger partial charge >= 0.3 is 5.97 Å². The Kier molecular flexibility index (Phi) is 2.69. The normalized spacial score (nSPS) is 38.1. The maximum absolute atomic E-state index is 10.6. The largest absolute Gasteiger partial charge is 0.481 e. The Morgan fingerprint density at radius 1 is 1.67 bits per heavy atom. The molecule has 0 amide bonds. The lowest BCUT2D eigenvalue weighted by Crippen LogP contribution is -2.22. The maximum atomic E-state index is 10.6. The van der Waals surface area contributed by atoms with Crippen molar-refractivity contribution in [3.8, 4) is 0 Å². The minimum atomic E-state index is -0.842. The van der Waals surface area contributed by atoms with Crippen LogP contribution in [0.5, 0.6) is 0 Å². The lowest BCUT2D eigenvalue weighted by Gasteiger charge is -2.12. The van der Waals surface area contributed by atoms with Crippen molar-refractivity contribution in [3.05, 3.63) is 0 Å². The lowest BCUT2D eigenvalue weighted by molar-refractivity contribution is -0.143. The highest BCUT2D eigenvalue weighted by molar-refractivity contribution is 5.71. The van der Waals surface area contributed by atoms with Gasteiger partial charge in [-0.05, 0) is 20.3 Å². The average Bonchev–Trinajstić information content (AvgIpc) is 2.30. The molecule has 0 saturated carbocycles. The second kappa shape index (κ2) is 3.41. The summed E-state index contributed by atoms with van der Waals surface area (Å²) in [7, 11) is 0. The number of rotatable bonds is 2. The molecule has 1 heterocycles. The van der Waals surface area contributed by atoms with E-state index < -0.39 is 18.0 Å². The predicted molar refractivity (Wildman–Crippen MR) is 41.8 cm³/mol. The predicted octanol–water partition coefficient (Wildman–Crippen LogP) is 0.245. The van der Waals surface area contributed by atoms with Gasteiger partial charge in [-0.15, -0.1) is 0 Å². The Bertz CT molecular complexity index is 178. The first-order valence-electron chi connectivity index (χ1n) is 4.08. The standard InChI is InChI=1S/C8H14O4/c1-4(9)7-3-6(8(10)11)5(2)12-7/h4-7,9H,3H2,1-2H3,(H,10,11)/t4-,5+,6-,7-/m0/s1. The second-order valence-electron chi connectivity index (χ2n) is 3.30. The van der Waals surface area contributed by atoms with Gasteiger partial charge in [-0.25, -0.2) is 0 Å². The molecular formula is C8H14O4. The first kappa shape index (κ1) is 9.48. The number of aliphatic hydroxyl groups is 1. The maximum Gasteiger partial charge on any atom is 0.309 e. The highest BCUT2D eigenvalue weighted by atomic mass is 16.5. The molecule has 4 heteroatoms. The highest BCUT2D eigenvalue weighted by Crippen LogP contribution is 2.28. The highest BCUT2D eigenvalue weighted by Gasteiger charge is 2.38. The summed E-state index contributed by atoms with van der Waals surface area (Å²) in [6.07, 6.45) is -0.784. The van der Waals surface area contributed by atoms with E-state index in [1.807, 2.05) is 0 Å². The van der Waals surface area contributed by atoms with Crippen molar-refractivity contribution in [2.45, 2.75) is 38.6 Å². The van der Waals surface area contributed by atoms with Gasteiger partial charge in [0, 0.05) is 0 Å². The van der Waals surface area contributed by atoms with E-state index in [9.17, 15) is 4.79 Å². The second-order valence-corrected chi connectivity index (χ2v) is 3.30. The quantitative estimate of drug-likeness (QED) is 0.629. The smallest absolute Gasteiger partial charge is 0.309 e. The van der Waals surface area contributed by atoms with Gasteiger partial charge in [-0.2, -0.15) is 0 Å². The van der Waals surface area contributed by atoms with E-state index in [1.54, 1.807) is 13.8 Å². The molecule has 0 radical (unpaired) electrons. The Morgan fingerprint density at radius 3 is 2.50 bits per heavy atom. The topological polar surface area (TPSA) is 66.8 Å². The molecule has 0 aromatic heterocycles. The van der Waals surface area contributed by atoms with Gasteiger partial charge in [0.25, 0.3) is 0 Å². The summed E-state index contributed by atoms with van der Waals surface area (Å²) >= 11 is 0. The van der Waals surface area contributed by atoms with Crippen LogP contribution in [0.3, 0.4) is 0 Å². The van der Waals surface area contributed by atoms with Crippen molar-refractivity contribution in [2.24, 2.45) is 5.92 Å². The zero-order valence-electron chi connectivity index (χ0n) is 7.23. The number of carbonyl (C=O) groups is 1. The van der Waals surface area contributed by atoms with Crippen molar-refractivity contribution >= 4 is 5.97 Å². The van der Waals surface area contributed by atoms with Crippen LogP contribution in [-0.2, 0) is 9.53 Å². The Hall–Kier alpha value is -0.610. The molecule has 4 nitrogen and oxygen atoms in total. The molecule has 0 aliphatic carbocycles. The van der Waals surface area contributed by atoms with Crippen LogP contribution in [-0.4, -0.2) is 34.5 Å². The third kappa shape index (κ3) is 1.76. The Labute approximate surface area is 71.2 Å². The van der Waals surface area contributed by atoms with E-state index in [1.165, 1.54) is 0 Å². The molecule has 2 N–H and O–H groups in total. The van der Waals surface area contributed by atoms with Crippen molar-refractivity contribution in [1.82, 2.24) is 0 Å². The zero-order chi connectivity index (χ0) is 9.30. The van der Waals surface area contributed by atoms with E-state index in [-0.39, 0.29) is 12.2 Å². The van der Waals surface area contributed by atoms with Gasteiger partial charge in [-0.1, -0.05) is 0 Å². The van der Waals surface area contributed by atoms with Gasteiger partial charge in [0.05, 0.1) is 24.2 Å². The molecule has 1 aliphatic rings. The van der Waals surface area contributed by atoms with E-state index in [0.29, 0.717) is 6.42 Å². The molecule has 4 atom stereocenters. The van der Waals surface area contributed by atoms with E-state index in [2.05, 4.69) is 0 Å². The first-order chi connectivity index (χ1) is 5.52. The van der Waals surface area contributed by atoms with Crippen molar-refractivity contribution in [1.29, 1.82) is 0 Å². The molecule has 1 saturated heterocycles. The first-order valence-corrected chi connectivity index (χ1v) is 4.08. The third-order valence-corrected chi connectivity index (χ3v) is 2.30. The van der Waals surface area contributed by atoms with Crippen molar-refractivity contribution < 1.29 is 19.7 Å². The SMILES string of the molecule is C[C@H](O)[C@@H]1C[C@H](C(=O)O)[C@@H](C)O1. The van der Waals surface area contributed by atoms with Crippen molar-refractivity contribution in [3.63, 3.8) is 0 Å². The van der Waals surface area contributed by atoms with Crippen LogP contribution in [0.25, 0.3) is 0 Å². The molecule has 1 aliphatic heterocycles. The van der Waals surface area contributed by atoms with Gasteiger partial charge in [0.15, 0.2) is 0 Å². The zero-order valence-corrected chi connectivity index (χ0v) is 7.23. The van der Waals surface area contributed by atoms with E-state index >= 15 is 0 Å². The summed E-state index contributed by atoms with van der Waals surface area (Å²) in [6.45, 7) is 3.34. The fraction of sp³-hybridized carbons (Fsp3) is 0.875. The number of hydrogen-bond acceptors (Lipinski definition) is 3. The Morgan fingerprint density at radius 2 is 2.25 bits per heavy atom. The van der Waals surface area contributed by atoms with Gasteiger partial charge in [0.2, 0.25) is 0 Å². The lowest BCUT2D eigenvalue weighted by atomic mass is 9.99. The minimum Gasteiger partial charge on any atom is -0.481 e. The van der Waals surface area contributed by atoms with E-state index in [0.717, 1.165) is 0 Å². The molecule has 0 aromatic rings. The molecule has 1 rings (SSSR count). The summed E-state index contributed by atoms with van der Waals surface area (Å²) in [4.78, 5) is 10.6. The monoisotopic (exact) mass is 174 g/mol. The molecule has 0 unspecified atom stereocenters. The summed E-state index contributed by atoms with van der Waals surface area (Å²) < 4.78 is 5.27. The van der Waals surface area contributed by atoms with Crippen LogP contribution < -0.4 is 0 Å². The van der Waals surface area contributed by atoms with E-state index in [4.69, 9.17) is 14.9 Å². The fourth-order valence-electron chi connectivity index (χ4n) is 1.48. The number of aliphatic carboxylic acids is 1. The molecule has 12 heavy (non-hydrogen) atoms. The third-order valence-electron chi connectivity index (χ3n) is 2.30.